The summed E-state index contributed by atoms with van der Waals surface area (Å²) in [6.07, 6.45) is 0. The zero-order chi connectivity index (χ0) is 13.7. The third kappa shape index (κ3) is 3.62. The van der Waals surface area contributed by atoms with Gasteiger partial charge in [0.05, 0.1) is 6.54 Å². The molecule has 100 valence electrons. The van der Waals surface area contributed by atoms with Gasteiger partial charge in [-0.15, -0.1) is 0 Å². The lowest BCUT2D eigenvalue weighted by Crippen LogP contribution is -2.26. The zero-order valence-electron chi connectivity index (χ0n) is 10.8. The van der Waals surface area contributed by atoms with Gasteiger partial charge in [0, 0.05) is 12.7 Å². The molecule has 6 nitrogen and oxygen atoms in total. The highest BCUT2D eigenvalue weighted by molar-refractivity contribution is 5.77. The molecule has 0 aliphatic rings. The van der Waals surface area contributed by atoms with Crippen molar-refractivity contribution in [2.45, 2.75) is 13.5 Å². The molecule has 0 saturated carbocycles. The number of nitrogens with zero attached hydrogens (tertiary/aromatic N) is 2. The fourth-order valence-electron chi connectivity index (χ4n) is 1.50. The van der Waals surface area contributed by atoms with Crippen molar-refractivity contribution in [1.82, 2.24) is 15.5 Å². The standard InChI is InChI=1S/C13H15N3O3/c1-9-3-5-10(6-4-9)13-15-12(19-16-13)7-14-11(17)8-18-2/h3-6H,7-8H2,1-2H3,(H,14,17). The van der Waals surface area contributed by atoms with Crippen LogP contribution in [0.1, 0.15) is 11.5 Å². The Morgan fingerprint density at radius 2 is 2.11 bits per heavy atom. The molecule has 1 N–H and O–H groups in total. The van der Waals surface area contributed by atoms with Crippen LogP contribution in [0, 0.1) is 6.92 Å². The second kappa shape index (κ2) is 6.10. The van der Waals surface area contributed by atoms with Gasteiger partial charge in [0.25, 0.3) is 0 Å². The van der Waals surface area contributed by atoms with E-state index in [0.29, 0.717) is 11.7 Å². The molecule has 2 rings (SSSR count). The van der Waals surface area contributed by atoms with E-state index in [1.807, 2.05) is 31.2 Å². The van der Waals surface area contributed by atoms with Gasteiger partial charge >= 0.3 is 0 Å². The van der Waals surface area contributed by atoms with Crippen LogP contribution in [0.3, 0.4) is 0 Å². The molecule has 0 unspecified atom stereocenters. The van der Waals surface area contributed by atoms with Crippen LogP contribution in [-0.2, 0) is 16.1 Å². The lowest BCUT2D eigenvalue weighted by atomic mass is 10.1. The lowest BCUT2D eigenvalue weighted by Gasteiger charge is -1.99. The highest BCUT2D eigenvalue weighted by atomic mass is 16.5. The van der Waals surface area contributed by atoms with Gasteiger partial charge in [-0.1, -0.05) is 35.0 Å². The van der Waals surface area contributed by atoms with E-state index in [1.165, 1.54) is 12.7 Å². The largest absolute Gasteiger partial charge is 0.375 e. The van der Waals surface area contributed by atoms with Gasteiger partial charge in [0.1, 0.15) is 6.61 Å². The number of rotatable bonds is 5. The number of aryl methyl sites for hydroxylation is 1. The second-order valence-electron chi connectivity index (χ2n) is 4.09. The van der Waals surface area contributed by atoms with Crippen molar-refractivity contribution < 1.29 is 14.1 Å². The molecule has 0 aliphatic heterocycles. The molecule has 0 aliphatic carbocycles. The number of hydrogen-bond acceptors (Lipinski definition) is 5. The van der Waals surface area contributed by atoms with Gasteiger partial charge in [-0.2, -0.15) is 4.98 Å². The van der Waals surface area contributed by atoms with E-state index >= 15 is 0 Å². The van der Waals surface area contributed by atoms with Crippen molar-refractivity contribution in [1.29, 1.82) is 0 Å². The maximum Gasteiger partial charge on any atom is 0.246 e. The van der Waals surface area contributed by atoms with Crippen molar-refractivity contribution >= 4 is 5.91 Å². The Hall–Kier alpha value is -2.21. The van der Waals surface area contributed by atoms with E-state index in [0.717, 1.165) is 5.56 Å². The van der Waals surface area contributed by atoms with Crippen molar-refractivity contribution in [3.63, 3.8) is 0 Å². The Morgan fingerprint density at radius 3 is 2.79 bits per heavy atom. The molecule has 1 aromatic heterocycles. The Kier molecular flexibility index (Phi) is 4.25. The Bertz CT molecular complexity index is 549. The summed E-state index contributed by atoms with van der Waals surface area (Å²) in [7, 11) is 1.46. The van der Waals surface area contributed by atoms with Gasteiger partial charge in [0.2, 0.25) is 17.6 Å². The minimum Gasteiger partial charge on any atom is -0.375 e. The fourth-order valence-corrected chi connectivity index (χ4v) is 1.50. The van der Waals surface area contributed by atoms with E-state index in [9.17, 15) is 4.79 Å². The van der Waals surface area contributed by atoms with Crippen molar-refractivity contribution in [2.24, 2.45) is 0 Å². The molecule has 0 atom stereocenters. The highest BCUT2D eigenvalue weighted by Gasteiger charge is 2.09. The number of carbonyl (C=O) groups excluding carboxylic acids is 1. The van der Waals surface area contributed by atoms with Gasteiger partial charge < -0.3 is 14.6 Å². The van der Waals surface area contributed by atoms with Gasteiger partial charge in [0.15, 0.2) is 0 Å². The van der Waals surface area contributed by atoms with Crippen LogP contribution in [0.25, 0.3) is 11.4 Å². The fraction of sp³-hybridized carbons (Fsp3) is 0.308. The van der Waals surface area contributed by atoms with Crippen LogP contribution in [0.4, 0.5) is 0 Å². The van der Waals surface area contributed by atoms with Gasteiger partial charge in [-0.3, -0.25) is 4.79 Å². The molecular formula is C13H15N3O3. The van der Waals surface area contributed by atoms with E-state index in [4.69, 9.17) is 9.26 Å². The van der Waals surface area contributed by atoms with E-state index < -0.39 is 0 Å². The average Bonchev–Trinajstić information content (AvgIpc) is 2.86. The predicted octanol–water partition coefficient (Wildman–Crippen LogP) is 1.31. The molecule has 19 heavy (non-hydrogen) atoms. The summed E-state index contributed by atoms with van der Waals surface area (Å²) in [6.45, 7) is 2.22. The predicted molar refractivity (Wildman–Crippen MR) is 68.2 cm³/mol. The van der Waals surface area contributed by atoms with Crippen LogP contribution >= 0.6 is 0 Å². The van der Waals surface area contributed by atoms with Crippen LogP contribution < -0.4 is 5.32 Å². The van der Waals surface area contributed by atoms with Crippen molar-refractivity contribution in [3.05, 3.63) is 35.7 Å². The monoisotopic (exact) mass is 261 g/mol. The number of hydrogen-bond donors (Lipinski definition) is 1. The summed E-state index contributed by atoms with van der Waals surface area (Å²) in [5, 5.41) is 6.48. The molecule has 1 amide bonds. The maximum atomic E-state index is 11.2. The average molecular weight is 261 g/mol. The smallest absolute Gasteiger partial charge is 0.246 e. The minimum atomic E-state index is -0.224. The summed E-state index contributed by atoms with van der Waals surface area (Å²) in [6, 6.07) is 7.80. The number of benzene rings is 1. The minimum absolute atomic E-state index is 0.0129. The first-order valence-corrected chi connectivity index (χ1v) is 5.84. The molecule has 0 spiro atoms. The molecule has 0 radical (unpaired) electrons. The first-order chi connectivity index (χ1) is 9.19. The molecule has 0 bridgehead atoms. The first kappa shape index (κ1) is 13.2. The Morgan fingerprint density at radius 1 is 1.37 bits per heavy atom. The molecule has 1 aromatic carbocycles. The maximum absolute atomic E-state index is 11.2. The summed E-state index contributed by atoms with van der Waals surface area (Å²) in [5.74, 6) is 0.647. The van der Waals surface area contributed by atoms with E-state index in [1.54, 1.807) is 0 Å². The zero-order valence-corrected chi connectivity index (χ0v) is 10.8. The number of nitrogens with one attached hydrogen (secondary N) is 1. The Labute approximate surface area is 110 Å². The summed E-state index contributed by atoms with van der Waals surface area (Å²) in [5.41, 5.74) is 2.04. The SMILES string of the molecule is COCC(=O)NCc1nc(-c2ccc(C)cc2)no1. The third-order valence-electron chi connectivity index (χ3n) is 2.49. The molecule has 2 aromatic rings. The summed E-state index contributed by atoms with van der Waals surface area (Å²) >= 11 is 0. The van der Waals surface area contributed by atoms with Gasteiger partial charge in [-0.25, -0.2) is 0 Å². The number of aromatic nitrogens is 2. The van der Waals surface area contributed by atoms with Crippen LogP contribution in [0.2, 0.25) is 0 Å². The number of carbonyl (C=O) groups is 1. The van der Waals surface area contributed by atoms with Crippen LogP contribution in [-0.4, -0.2) is 29.8 Å². The van der Waals surface area contributed by atoms with Crippen molar-refractivity contribution in [3.8, 4) is 11.4 Å². The number of ether oxygens (including phenoxy) is 1. The molecular weight excluding hydrogens is 246 g/mol. The molecule has 0 fully saturated rings. The Balaban J connectivity index is 1.99. The van der Waals surface area contributed by atoms with E-state index in [2.05, 4.69) is 15.5 Å². The first-order valence-electron chi connectivity index (χ1n) is 5.84. The summed E-state index contributed by atoms with van der Waals surface area (Å²) in [4.78, 5) is 15.4. The highest BCUT2D eigenvalue weighted by Crippen LogP contribution is 2.16. The topological polar surface area (TPSA) is 77.2 Å². The van der Waals surface area contributed by atoms with Crippen LogP contribution in [0.15, 0.2) is 28.8 Å². The number of methoxy groups -OCH3 is 1. The molecule has 1 heterocycles. The van der Waals surface area contributed by atoms with Gasteiger partial charge in [-0.05, 0) is 6.92 Å². The van der Waals surface area contributed by atoms with E-state index in [-0.39, 0.29) is 19.1 Å². The normalized spacial score (nSPS) is 10.4. The molecule has 0 saturated heterocycles. The lowest BCUT2D eigenvalue weighted by molar-refractivity contribution is -0.125. The summed E-state index contributed by atoms with van der Waals surface area (Å²) < 4.78 is 9.76. The number of amides is 1. The van der Waals surface area contributed by atoms with Crippen molar-refractivity contribution in [2.75, 3.05) is 13.7 Å². The third-order valence-corrected chi connectivity index (χ3v) is 2.49. The quantitative estimate of drug-likeness (QED) is 0.878. The van der Waals surface area contributed by atoms with Crippen LogP contribution in [0.5, 0.6) is 0 Å². The second-order valence-corrected chi connectivity index (χ2v) is 4.09. The molecule has 6 heteroatoms.